The first-order valence-electron chi connectivity index (χ1n) is 4.73. The van der Waals surface area contributed by atoms with Crippen molar-refractivity contribution >= 4 is 0 Å². The molecule has 1 rings (SSSR count). The molecular formula is C11H15NO. The van der Waals surface area contributed by atoms with Gasteiger partial charge in [0.05, 0.1) is 6.04 Å². The van der Waals surface area contributed by atoms with Crippen molar-refractivity contribution in [3.8, 4) is 0 Å². The van der Waals surface area contributed by atoms with E-state index in [1.165, 1.54) is 5.56 Å². The number of hydrogen-bond donors (Lipinski definition) is 0. The minimum atomic E-state index is -0.0137. The average molecular weight is 177 g/mol. The smallest absolute Gasteiger partial charge is 0.0920 e. The van der Waals surface area contributed by atoms with Crippen molar-refractivity contribution in [2.24, 2.45) is 5.18 Å². The first-order chi connectivity index (χ1) is 6.36. The van der Waals surface area contributed by atoms with Gasteiger partial charge in [0.25, 0.3) is 0 Å². The lowest BCUT2D eigenvalue weighted by Crippen LogP contribution is -2.02. The van der Waals surface area contributed by atoms with Crippen molar-refractivity contribution in [1.82, 2.24) is 0 Å². The van der Waals surface area contributed by atoms with E-state index in [2.05, 4.69) is 17.3 Å². The summed E-state index contributed by atoms with van der Waals surface area (Å²) >= 11 is 0. The van der Waals surface area contributed by atoms with Crippen molar-refractivity contribution < 1.29 is 0 Å². The Kier molecular flexibility index (Phi) is 4.16. The van der Waals surface area contributed by atoms with Crippen LogP contribution >= 0.6 is 0 Å². The largest absolute Gasteiger partial charge is 0.151 e. The van der Waals surface area contributed by atoms with Gasteiger partial charge in [0.2, 0.25) is 0 Å². The normalized spacial score (nSPS) is 12.4. The van der Waals surface area contributed by atoms with E-state index >= 15 is 0 Å². The Morgan fingerprint density at radius 3 is 2.54 bits per heavy atom. The molecule has 0 aromatic heterocycles. The van der Waals surface area contributed by atoms with Gasteiger partial charge in [-0.05, 0) is 24.8 Å². The van der Waals surface area contributed by atoms with Crippen LogP contribution in [0.1, 0.15) is 25.3 Å². The van der Waals surface area contributed by atoms with Gasteiger partial charge in [-0.25, -0.2) is 0 Å². The first-order valence-corrected chi connectivity index (χ1v) is 4.73. The predicted molar refractivity (Wildman–Crippen MR) is 54.6 cm³/mol. The van der Waals surface area contributed by atoms with Crippen molar-refractivity contribution in [3.63, 3.8) is 0 Å². The Hall–Kier alpha value is -1.18. The zero-order valence-corrected chi connectivity index (χ0v) is 7.94. The topological polar surface area (TPSA) is 29.4 Å². The molecule has 1 atom stereocenters. The lowest BCUT2D eigenvalue weighted by molar-refractivity contribution is 0.594. The van der Waals surface area contributed by atoms with Crippen LogP contribution < -0.4 is 0 Å². The third-order valence-corrected chi connectivity index (χ3v) is 2.23. The van der Waals surface area contributed by atoms with Crippen LogP contribution in [0.2, 0.25) is 0 Å². The summed E-state index contributed by atoms with van der Waals surface area (Å²) in [6.07, 6.45) is 2.66. The highest BCUT2D eigenvalue weighted by molar-refractivity contribution is 5.14. The zero-order chi connectivity index (χ0) is 9.52. The third kappa shape index (κ3) is 3.36. The van der Waals surface area contributed by atoms with E-state index in [0.29, 0.717) is 0 Å². The van der Waals surface area contributed by atoms with Crippen LogP contribution in [0.5, 0.6) is 0 Å². The monoisotopic (exact) mass is 177 g/mol. The van der Waals surface area contributed by atoms with Gasteiger partial charge in [-0.2, -0.15) is 4.91 Å². The predicted octanol–water partition coefficient (Wildman–Crippen LogP) is 3.16. The van der Waals surface area contributed by atoms with Crippen LogP contribution in [0.25, 0.3) is 0 Å². The van der Waals surface area contributed by atoms with E-state index < -0.39 is 0 Å². The van der Waals surface area contributed by atoms with Crippen molar-refractivity contribution in [1.29, 1.82) is 0 Å². The minimum Gasteiger partial charge on any atom is -0.151 e. The maximum atomic E-state index is 10.3. The fourth-order valence-electron chi connectivity index (χ4n) is 1.31. The van der Waals surface area contributed by atoms with Gasteiger partial charge in [-0.1, -0.05) is 42.4 Å². The molecule has 0 aliphatic carbocycles. The van der Waals surface area contributed by atoms with Gasteiger partial charge in [0.1, 0.15) is 0 Å². The van der Waals surface area contributed by atoms with E-state index in [0.717, 1.165) is 19.3 Å². The van der Waals surface area contributed by atoms with Gasteiger partial charge < -0.3 is 0 Å². The summed E-state index contributed by atoms with van der Waals surface area (Å²) in [5.41, 5.74) is 1.28. The van der Waals surface area contributed by atoms with Gasteiger partial charge in [-0.3, -0.25) is 0 Å². The highest BCUT2D eigenvalue weighted by atomic mass is 16.3. The lowest BCUT2D eigenvalue weighted by atomic mass is 10.0. The molecule has 0 aliphatic rings. The molecule has 0 heterocycles. The third-order valence-electron chi connectivity index (χ3n) is 2.23. The average Bonchev–Trinajstić information content (AvgIpc) is 2.21. The summed E-state index contributed by atoms with van der Waals surface area (Å²) in [6, 6.07) is 10.2. The summed E-state index contributed by atoms with van der Waals surface area (Å²) in [6.45, 7) is 2.00. The molecule has 0 aliphatic heterocycles. The summed E-state index contributed by atoms with van der Waals surface area (Å²) in [5.74, 6) is 0. The Morgan fingerprint density at radius 1 is 1.31 bits per heavy atom. The molecule has 0 saturated heterocycles. The molecule has 13 heavy (non-hydrogen) atoms. The van der Waals surface area contributed by atoms with Crippen LogP contribution in [-0.4, -0.2) is 6.04 Å². The minimum absolute atomic E-state index is 0.0137. The number of rotatable bonds is 5. The zero-order valence-electron chi connectivity index (χ0n) is 7.94. The Bertz CT molecular complexity index is 246. The van der Waals surface area contributed by atoms with Crippen LogP contribution in [-0.2, 0) is 6.42 Å². The summed E-state index contributed by atoms with van der Waals surface area (Å²) < 4.78 is 0. The standard InChI is InChI=1S/C11H15NO/c1-2-11(12-13)9-8-10-6-4-3-5-7-10/h3-7,11H,2,8-9H2,1H3. The number of aryl methyl sites for hydroxylation is 1. The van der Waals surface area contributed by atoms with E-state index in [4.69, 9.17) is 0 Å². The quantitative estimate of drug-likeness (QED) is 0.635. The van der Waals surface area contributed by atoms with Crippen molar-refractivity contribution in [2.45, 2.75) is 32.2 Å². The summed E-state index contributed by atoms with van der Waals surface area (Å²) in [7, 11) is 0. The molecule has 0 bridgehead atoms. The maximum absolute atomic E-state index is 10.3. The Morgan fingerprint density at radius 2 is 2.00 bits per heavy atom. The van der Waals surface area contributed by atoms with Crippen molar-refractivity contribution in [3.05, 3.63) is 40.8 Å². The van der Waals surface area contributed by atoms with E-state index in [-0.39, 0.29) is 6.04 Å². The Labute approximate surface area is 79.0 Å². The summed E-state index contributed by atoms with van der Waals surface area (Å²) in [4.78, 5) is 10.3. The first kappa shape index (κ1) is 9.90. The molecule has 0 spiro atoms. The fraction of sp³-hybridized carbons (Fsp3) is 0.455. The molecule has 0 N–H and O–H groups in total. The van der Waals surface area contributed by atoms with Gasteiger partial charge in [0, 0.05) is 0 Å². The molecule has 1 unspecified atom stereocenters. The Balaban J connectivity index is 2.38. The maximum Gasteiger partial charge on any atom is 0.0920 e. The molecule has 0 amide bonds. The molecule has 0 radical (unpaired) electrons. The van der Waals surface area contributed by atoms with Gasteiger partial charge in [0.15, 0.2) is 0 Å². The fourth-order valence-corrected chi connectivity index (χ4v) is 1.31. The molecule has 1 aromatic rings. The SMILES string of the molecule is CCC(CCc1ccccc1)N=O. The molecule has 2 heteroatoms. The van der Waals surface area contributed by atoms with E-state index in [9.17, 15) is 4.91 Å². The lowest BCUT2D eigenvalue weighted by Gasteiger charge is -2.04. The molecular weight excluding hydrogens is 162 g/mol. The highest BCUT2D eigenvalue weighted by Gasteiger charge is 2.04. The van der Waals surface area contributed by atoms with Gasteiger partial charge >= 0.3 is 0 Å². The van der Waals surface area contributed by atoms with E-state index in [1.54, 1.807) is 0 Å². The number of nitroso groups, excluding NO2 is 1. The second-order valence-electron chi connectivity index (χ2n) is 3.19. The molecule has 0 saturated carbocycles. The second kappa shape index (κ2) is 5.46. The van der Waals surface area contributed by atoms with Crippen LogP contribution in [0.15, 0.2) is 35.5 Å². The second-order valence-corrected chi connectivity index (χ2v) is 3.19. The van der Waals surface area contributed by atoms with Gasteiger partial charge in [-0.15, -0.1) is 0 Å². The van der Waals surface area contributed by atoms with Crippen LogP contribution in [0, 0.1) is 4.91 Å². The summed E-state index contributed by atoms with van der Waals surface area (Å²) in [5, 5.41) is 3.07. The molecule has 0 fully saturated rings. The number of benzene rings is 1. The van der Waals surface area contributed by atoms with Crippen LogP contribution in [0.3, 0.4) is 0 Å². The molecule has 2 nitrogen and oxygen atoms in total. The molecule has 1 aromatic carbocycles. The molecule has 70 valence electrons. The van der Waals surface area contributed by atoms with Crippen molar-refractivity contribution in [2.75, 3.05) is 0 Å². The highest BCUT2D eigenvalue weighted by Crippen LogP contribution is 2.09. The number of hydrogen-bond acceptors (Lipinski definition) is 2. The van der Waals surface area contributed by atoms with Crippen LogP contribution in [0.4, 0.5) is 0 Å². The van der Waals surface area contributed by atoms with E-state index in [1.807, 2.05) is 25.1 Å². The number of nitrogens with zero attached hydrogens (tertiary/aromatic N) is 1.